The number of rotatable bonds is 8. The first-order valence-electron chi connectivity index (χ1n) is 9.40. The third kappa shape index (κ3) is 6.08. The topological polar surface area (TPSA) is 94.8 Å². The van der Waals surface area contributed by atoms with E-state index in [0.29, 0.717) is 23.1 Å². The van der Waals surface area contributed by atoms with E-state index in [0.717, 1.165) is 17.0 Å². The molecule has 0 radical (unpaired) electrons. The van der Waals surface area contributed by atoms with Crippen LogP contribution in [0.4, 0.5) is 13.2 Å². The molecule has 33 heavy (non-hydrogen) atoms. The molecule has 170 valence electrons. The molecule has 0 aliphatic carbocycles. The standard InChI is InChI=1S/C20H15F3N6O2S2/c21-20(22,23)31-14-6-4-13(5-7-14)29-16(12-33-19-24-8-2-9-25-19)17(27-28-29)18(30)26-11-15-3-1-10-32-15/h1-10H,11-12H2,(H,26,30). The quantitative estimate of drug-likeness (QED) is 0.290. The van der Waals surface area contributed by atoms with Gasteiger partial charge in [-0.15, -0.1) is 29.6 Å². The van der Waals surface area contributed by atoms with Crippen LogP contribution in [0.25, 0.3) is 5.69 Å². The molecule has 4 rings (SSSR count). The van der Waals surface area contributed by atoms with E-state index >= 15 is 0 Å². The molecule has 1 aromatic carbocycles. The van der Waals surface area contributed by atoms with Crippen LogP contribution in [0, 0.1) is 0 Å². The Bertz CT molecular complexity index is 1200. The van der Waals surface area contributed by atoms with Gasteiger partial charge in [-0.25, -0.2) is 14.6 Å². The second-order valence-corrected chi connectivity index (χ2v) is 8.40. The Kier molecular flexibility index (Phi) is 6.89. The van der Waals surface area contributed by atoms with Crippen LogP contribution >= 0.6 is 23.1 Å². The fraction of sp³-hybridized carbons (Fsp3) is 0.150. The highest BCUT2D eigenvalue weighted by molar-refractivity contribution is 7.98. The Hall–Kier alpha value is -3.45. The number of alkyl halides is 3. The van der Waals surface area contributed by atoms with Crippen molar-refractivity contribution in [1.29, 1.82) is 0 Å². The van der Waals surface area contributed by atoms with Gasteiger partial charge >= 0.3 is 6.36 Å². The monoisotopic (exact) mass is 492 g/mol. The minimum atomic E-state index is -4.79. The normalized spacial score (nSPS) is 11.4. The van der Waals surface area contributed by atoms with Crippen molar-refractivity contribution in [3.63, 3.8) is 0 Å². The first kappa shape index (κ1) is 22.7. The first-order valence-corrected chi connectivity index (χ1v) is 11.3. The lowest BCUT2D eigenvalue weighted by molar-refractivity contribution is -0.274. The Morgan fingerprint density at radius 1 is 1.12 bits per heavy atom. The van der Waals surface area contributed by atoms with E-state index in [2.05, 4.69) is 30.3 Å². The number of carbonyl (C=O) groups is 1. The van der Waals surface area contributed by atoms with Crippen LogP contribution in [0.2, 0.25) is 0 Å². The lowest BCUT2D eigenvalue weighted by Crippen LogP contribution is -2.24. The second kappa shape index (κ2) is 10.0. The van der Waals surface area contributed by atoms with Gasteiger partial charge in [-0.05, 0) is 41.8 Å². The summed E-state index contributed by atoms with van der Waals surface area (Å²) in [6.45, 7) is 0.335. The maximum atomic E-state index is 12.8. The number of benzene rings is 1. The van der Waals surface area contributed by atoms with Crippen molar-refractivity contribution in [2.75, 3.05) is 0 Å². The van der Waals surface area contributed by atoms with E-state index < -0.39 is 12.3 Å². The third-order valence-electron chi connectivity index (χ3n) is 4.18. The molecule has 0 aliphatic rings. The Balaban J connectivity index is 1.59. The van der Waals surface area contributed by atoms with Crippen molar-refractivity contribution in [3.8, 4) is 11.4 Å². The molecule has 1 amide bonds. The number of nitrogens with zero attached hydrogens (tertiary/aromatic N) is 5. The molecule has 0 unspecified atom stereocenters. The molecule has 3 heterocycles. The van der Waals surface area contributed by atoms with Crippen molar-refractivity contribution in [2.24, 2.45) is 0 Å². The van der Waals surface area contributed by atoms with Gasteiger partial charge in [-0.3, -0.25) is 4.79 Å². The average Bonchev–Trinajstić information content (AvgIpc) is 3.46. The Labute approximate surface area is 193 Å². The molecular formula is C20H15F3N6O2S2. The van der Waals surface area contributed by atoms with Crippen LogP contribution in [-0.4, -0.2) is 37.2 Å². The molecule has 0 saturated carbocycles. The van der Waals surface area contributed by atoms with Gasteiger partial charge in [0.15, 0.2) is 10.9 Å². The smallest absolute Gasteiger partial charge is 0.406 e. The maximum absolute atomic E-state index is 12.8. The van der Waals surface area contributed by atoms with Gasteiger partial charge in [-0.1, -0.05) is 23.0 Å². The lowest BCUT2D eigenvalue weighted by atomic mass is 10.2. The van der Waals surface area contributed by atoms with Gasteiger partial charge in [0, 0.05) is 23.0 Å². The van der Waals surface area contributed by atoms with Crippen LogP contribution in [0.3, 0.4) is 0 Å². The number of thioether (sulfide) groups is 1. The van der Waals surface area contributed by atoms with Crippen molar-refractivity contribution in [2.45, 2.75) is 23.8 Å². The zero-order chi connectivity index (χ0) is 23.3. The second-order valence-electron chi connectivity index (χ2n) is 6.42. The van der Waals surface area contributed by atoms with E-state index in [9.17, 15) is 18.0 Å². The lowest BCUT2D eigenvalue weighted by Gasteiger charge is -2.11. The van der Waals surface area contributed by atoms with Gasteiger partial charge in [0.1, 0.15) is 5.75 Å². The summed E-state index contributed by atoms with van der Waals surface area (Å²) >= 11 is 2.78. The molecule has 0 aliphatic heterocycles. The Morgan fingerprint density at radius 2 is 1.88 bits per heavy atom. The summed E-state index contributed by atoms with van der Waals surface area (Å²) < 4.78 is 42.7. The highest BCUT2D eigenvalue weighted by Crippen LogP contribution is 2.26. The molecule has 3 aromatic heterocycles. The zero-order valence-corrected chi connectivity index (χ0v) is 18.3. The molecule has 1 N–H and O–H groups in total. The van der Waals surface area contributed by atoms with Gasteiger partial charge < -0.3 is 10.1 Å². The maximum Gasteiger partial charge on any atom is 0.573 e. The van der Waals surface area contributed by atoms with E-state index in [1.165, 1.54) is 39.9 Å². The molecule has 8 nitrogen and oxygen atoms in total. The summed E-state index contributed by atoms with van der Waals surface area (Å²) in [5.41, 5.74) is 0.963. The van der Waals surface area contributed by atoms with Crippen LogP contribution in [-0.2, 0) is 12.3 Å². The van der Waals surface area contributed by atoms with Crippen molar-refractivity contribution < 1.29 is 22.7 Å². The fourth-order valence-electron chi connectivity index (χ4n) is 2.76. The number of amides is 1. The van der Waals surface area contributed by atoms with Crippen molar-refractivity contribution in [1.82, 2.24) is 30.3 Å². The van der Waals surface area contributed by atoms with Gasteiger partial charge in [-0.2, -0.15) is 0 Å². The summed E-state index contributed by atoms with van der Waals surface area (Å²) in [7, 11) is 0. The molecule has 0 spiro atoms. The average molecular weight is 493 g/mol. The third-order valence-corrected chi connectivity index (χ3v) is 5.94. The summed E-state index contributed by atoms with van der Waals surface area (Å²) in [5.74, 6) is -0.537. The molecule has 0 atom stereocenters. The summed E-state index contributed by atoms with van der Waals surface area (Å²) in [5, 5.41) is 13.3. The van der Waals surface area contributed by atoms with Crippen LogP contribution in [0.5, 0.6) is 5.75 Å². The molecular weight excluding hydrogens is 477 g/mol. The van der Waals surface area contributed by atoms with E-state index in [-0.39, 0.29) is 17.2 Å². The summed E-state index contributed by atoms with van der Waals surface area (Å²) in [4.78, 5) is 22.1. The first-order chi connectivity index (χ1) is 15.9. The van der Waals surface area contributed by atoms with Crippen LogP contribution in [0.15, 0.2) is 65.4 Å². The number of ether oxygens (including phenoxy) is 1. The highest BCUT2D eigenvalue weighted by Gasteiger charge is 2.31. The predicted octanol–water partition coefficient (Wildman–Crippen LogP) is 4.24. The highest BCUT2D eigenvalue weighted by atomic mass is 32.2. The van der Waals surface area contributed by atoms with E-state index in [1.54, 1.807) is 18.5 Å². The predicted molar refractivity (Wildman–Crippen MR) is 115 cm³/mol. The molecule has 0 fully saturated rings. The number of aromatic nitrogens is 5. The van der Waals surface area contributed by atoms with Crippen LogP contribution in [0.1, 0.15) is 21.1 Å². The number of hydrogen-bond donors (Lipinski definition) is 1. The van der Waals surface area contributed by atoms with Gasteiger partial charge in [0.2, 0.25) is 0 Å². The molecule has 4 aromatic rings. The van der Waals surface area contributed by atoms with E-state index in [1.807, 2.05) is 17.5 Å². The van der Waals surface area contributed by atoms with Gasteiger partial charge in [0.05, 0.1) is 17.9 Å². The number of carbonyl (C=O) groups excluding carboxylic acids is 1. The summed E-state index contributed by atoms with van der Waals surface area (Å²) in [6.07, 6.45) is -1.60. The van der Waals surface area contributed by atoms with Crippen molar-refractivity contribution >= 4 is 29.0 Å². The van der Waals surface area contributed by atoms with Gasteiger partial charge in [0.25, 0.3) is 5.91 Å². The van der Waals surface area contributed by atoms with Crippen molar-refractivity contribution in [3.05, 3.63) is 76.5 Å². The zero-order valence-electron chi connectivity index (χ0n) is 16.7. The number of thiophene rings is 1. The molecule has 0 saturated heterocycles. The molecule has 0 bridgehead atoms. The van der Waals surface area contributed by atoms with E-state index in [4.69, 9.17) is 0 Å². The minimum absolute atomic E-state index is 0.102. The largest absolute Gasteiger partial charge is 0.573 e. The minimum Gasteiger partial charge on any atom is -0.406 e. The number of hydrogen-bond acceptors (Lipinski definition) is 8. The Morgan fingerprint density at radius 3 is 2.55 bits per heavy atom. The SMILES string of the molecule is O=C(NCc1cccs1)c1nnn(-c2ccc(OC(F)(F)F)cc2)c1CSc1ncccn1. The number of halogens is 3. The van der Waals surface area contributed by atoms with Crippen LogP contribution < -0.4 is 10.1 Å². The fourth-order valence-corrected chi connectivity index (χ4v) is 4.20. The summed E-state index contributed by atoms with van der Waals surface area (Å²) in [6, 6.07) is 10.6. The molecule has 13 heteroatoms. The number of nitrogens with one attached hydrogen (secondary N) is 1.